The summed E-state index contributed by atoms with van der Waals surface area (Å²) in [5, 5.41) is 6.97. The summed E-state index contributed by atoms with van der Waals surface area (Å²) >= 11 is 0. The van der Waals surface area contributed by atoms with Gasteiger partial charge < -0.3 is 15.5 Å². The van der Waals surface area contributed by atoms with Crippen molar-refractivity contribution in [3.05, 3.63) is 42.0 Å². The molecule has 0 saturated carbocycles. The van der Waals surface area contributed by atoms with Crippen LogP contribution < -0.4 is 10.6 Å². The molecule has 0 atom stereocenters. The molecule has 0 bridgehead atoms. The molecule has 1 aromatic carbocycles. The minimum absolute atomic E-state index is 0. The van der Waals surface area contributed by atoms with Gasteiger partial charge in [-0.25, -0.2) is 0 Å². The predicted molar refractivity (Wildman–Crippen MR) is 128 cm³/mol. The summed E-state index contributed by atoms with van der Waals surface area (Å²) in [6.07, 6.45) is 4.46. The van der Waals surface area contributed by atoms with Crippen molar-refractivity contribution < 1.29 is 0 Å². The summed E-state index contributed by atoms with van der Waals surface area (Å²) in [6.45, 7) is 13.6. The topological polar surface area (TPSA) is 42.9 Å². The van der Waals surface area contributed by atoms with Crippen molar-refractivity contribution in [2.75, 3.05) is 52.9 Å². The van der Waals surface area contributed by atoms with Crippen LogP contribution in [0.1, 0.15) is 26.3 Å². The average Bonchev–Trinajstić information content (AvgIpc) is 2.63. The SMILES string of the molecule is CN=C(NCCNC(C)(C)C)N1CCN(C/C=C/c2ccccc2)CC1.I. The summed E-state index contributed by atoms with van der Waals surface area (Å²) in [7, 11) is 1.87. The van der Waals surface area contributed by atoms with Crippen LogP contribution >= 0.6 is 24.0 Å². The molecule has 152 valence electrons. The Kier molecular flexibility index (Phi) is 10.9. The number of hydrogen-bond donors (Lipinski definition) is 2. The second-order valence-corrected chi connectivity index (χ2v) is 7.75. The Morgan fingerprint density at radius 1 is 1.07 bits per heavy atom. The van der Waals surface area contributed by atoms with Crippen molar-refractivity contribution in [1.82, 2.24) is 20.4 Å². The Morgan fingerprint density at radius 3 is 2.33 bits per heavy atom. The largest absolute Gasteiger partial charge is 0.355 e. The molecule has 1 fully saturated rings. The van der Waals surface area contributed by atoms with Crippen LogP contribution in [0.2, 0.25) is 0 Å². The summed E-state index contributed by atoms with van der Waals surface area (Å²) in [4.78, 5) is 9.29. The van der Waals surface area contributed by atoms with Gasteiger partial charge in [-0.3, -0.25) is 9.89 Å². The van der Waals surface area contributed by atoms with Crippen LogP contribution in [0.5, 0.6) is 0 Å². The maximum absolute atomic E-state index is 4.44. The van der Waals surface area contributed by atoms with Gasteiger partial charge in [0.2, 0.25) is 0 Å². The number of nitrogens with one attached hydrogen (secondary N) is 2. The Bertz CT molecular complexity index is 572. The zero-order chi connectivity index (χ0) is 18.8. The molecule has 5 nitrogen and oxygen atoms in total. The Morgan fingerprint density at radius 2 is 1.74 bits per heavy atom. The van der Waals surface area contributed by atoms with Crippen molar-refractivity contribution >= 4 is 36.0 Å². The summed E-state index contributed by atoms with van der Waals surface area (Å²) in [5.41, 5.74) is 1.42. The number of hydrogen-bond acceptors (Lipinski definition) is 3. The van der Waals surface area contributed by atoms with Crippen molar-refractivity contribution in [2.24, 2.45) is 4.99 Å². The van der Waals surface area contributed by atoms with Gasteiger partial charge in [0.05, 0.1) is 0 Å². The standard InChI is InChI=1S/C21H35N5.HI/c1-21(2,3)24-13-12-23-20(22-4)26-17-15-25(16-18-26)14-8-11-19-9-6-5-7-10-19;/h5-11,24H,12-18H2,1-4H3,(H,22,23);1H/b11-8+;. The highest BCUT2D eigenvalue weighted by Gasteiger charge is 2.18. The van der Waals surface area contributed by atoms with E-state index in [-0.39, 0.29) is 29.5 Å². The Hall–Kier alpha value is -1.12. The molecule has 27 heavy (non-hydrogen) atoms. The fraction of sp³-hybridized carbons (Fsp3) is 0.571. The summed E-state index contributed by atoms with van der Waals surface area (Å²) in [6, 6.07) is 10.5. The van der Waals surface area contributed by atoms with Crippen LogP contribution in [-0.4, -0.2) is 74.2 Å². The van der Waals surface area contributed by atoms with Crippen molar-refractivity contribution in [3.63, 3.8) is 0 Å². The molecule has 0 amide bonds. The fourth-order valence-electron chi connectivity index (χ4n) is 2.99. The summed E-state index contributed by atoms with van der Waals surface area (Å²) in [5.74, 6) is 1.01. The van der Waals surface area contributed by atoms with Crippen LogP contribution in [-0.2, 0) is 0 Å². The zero-order valence-corrected chi connectivity index (χ0v) is 19.6. The first-order valence-electron chi connectivity index (χ1n) is 9.62. The molecule has 0 radical (unpaired) electrons. The quantitative estimate of drug-likeness (QED) is 0.282. The number of nitrogens with zero attached hydrogens (tertiary/aromatic N) is 3. The third-order valence-electron chi connectivity index (χ3n) is 4.42. The van der Waals surface area contributed by atoms with Gasteiger partial charge in [0.1, 0.15) is 0 Å². The molecule has 1 saturated heterocycles. The Labute approximate surface area is 182 Å². The summed E-state index contributed by atoms with van der Waals surface area (Å²) < 4.78 is 0. The van der Waals surface area contributed by atoms with Crippen molar-refractivity contribution in [2.45, 2.75) is 26.3 Å². The van der Waals surface area contributed by atoms with Gasteiger partial charge in [-0.05, 0) is 26.3 Å². The first-order chi connectivity index (χ1) is 12.5. The third-order valence-corrected chi connectivity index (χ3v) is 4.42. The maximum atomic E-state index is 4.44. The lowest BCUT2D eigenvalue weighted by atomic mass is 10.1. The van der Waals surface area contributed by atoms with Crippen LogP contribution in [0.25, 0.3) is 6.08 Å². The molecule has 1 aliphatic heterocycles. The highest BCUT2D eigenvalue weighted by Crippen LogP contribution is 2.05. The molecule has 2 rings (SSSR count). The highest BCUT2D eigenvalue weighted by atomic mass is 127. The molecule has 0 aliphatic carbocycles. The van der Waals surface area contributed by atoms with Gasteiger partial charge in [0.15, 0.2) is 5.96 Å². The van der Waals surface area contributed by atoms with Crippen molar-refractivity contribution in [1.29, 1.82) is 0 Å². The number of guanidine groups is 1. The van der Waals surface area contributed by atoms with Gasteiger partial charge in [0.25, 0.3) is 0 Å². The van der Waals surface area contributed by atoms with Gasteiger partial charge in [-0.2, -0.15) is 0 Å². The maximum Gasteiger partial charge on any atom is 0.193 e. The minimum Gasteiger partial charge on any atom is -0.355 e. The average molecular weight is 485 g/mol. The number of benzene rings is 1. The number of piperazine rings is 1. The van der Waals surface area contributed by atoms with Crippen LogP contribution in [0.4, 0.5) is 0 Å². The van der Waals surface area contributed by atoms with E-state index in [9.17, 15) is 0 Å². The van der Waals surface area contributed by atoms with E-state index in [1.807, 2.05) is 7.05 Å². The van der Waals surface area contributed by atoms with E-state index in [0.717, 1.165) is 51.8 Å². The van der Waals surface area contributed by atoms with Crippen LogP contribution in [0.15, 0.2) is 41.4 Å². The second kappa shape index (κ2) is 12.4. The van der Waals surface area contributed by atoms with E-state index in [2.05, 4.69) is 88.7 Å². The first-order valence-corrected chi connectivity index (χ1v) is 9.62. The first kappa shape index (κ1) is 23.9. The van der Waals surface area contributed by atoms with E-state index in [1.165, 1.54) is 5.56 Å². The van der Waals surface area contributed by atoms with Crippen LogP contribution in [0, 0.1) is 0 Å². The van der Waals surface area contributed by atoms with Gasteiger partial charge in [-0.15, -0.1) is 24.0 Å². The monoisotopic (exact) mass is 485 g/mol. The van der Waals surface area contributed by atoms with Gasteiger partial charge in [0, 0.05) is 58.4 Å². The molecular formula is C21H36IN5. The van der Waals surface area contributed by atoms with Gasteiger partial charge in [-0.1, -0.05) is 42.5 Å². The predicted octanol–water partition coefficient (Wildman–Crippen LogP) is 2.90. The molecule has 0 aromatic heterocycles. The molecule has 0 unspecified atom stereocenters. The van der Waals surface area contributed by atoms with E-state index in [4.69, 9.17) is 0 Å². The highest BCUT2D eigenvalue weighted by molar-refractivity contribution is 14.0. The molecule has 6 heteroatoms. The van der Waals surface area contributed by atoms with E-state index in [0.29, 0.717) is 0 Å². The molecule has 1 aliphatic rings. The molecule has 1 heterocycles. The number of rotatable bonds is 6. The fourth-order valence-corrected chi connectivity index (χ4v) is 2.99. The number of halogens is 1. The van der Waals surface area contributed by atoms with Gasteiger partial charge >= 0.3 is 0 Å². The minimum atomic E-state index is 0. The lowest BCUT2D eigenvalue weighted by Gasteiger charge is -2.36. The van der Waals surface area contributed by atoms with E-state index in [1.54, 1.807) is 0 Å². The molecular weight excluding hydrogens is 449 g/mol. The lowest BCUT2D eigenvalue weighted by molar-refractivity contribution is 0.194. The molecule has 2 N–H and O–H groups in total. The molecule has 1 aromatic rings. The Balaban J connectivity index is 0.00000364. The zero-order valence-electron chi connectivity index (χ0n) is 17.2. The second-order valence-electron chi connectivity index (χ2n) is 7.75. The number of aliphatic imine (C=N–C) groups is 1. The third kappa shape index (κ3) is 9.58. The molecule has 0 spiro atoms. The van der Waals surface area contributed by atoms with Crippen LogP contribution in [0.3, 0.4) is 0 Å². The van der Waals surface area contributed by atoms with Crippen molar-refractivity contribution in [3.8, 4) is 0 Å². The lowest BCUT2D eigenvalue weighted by Crippen LogP contribution is -2.53. The normalized spacial score (nSPS) is 16.4. The van der Waals surface area contributed by atoms with E-state index < -0.39 is 0 Å². The smallest absolute Gasteiger partial charge is 0.193 e. The van der Waals surface area contributed by atoms with E-state index >= 15 is 0 Å².